The van der Waals surface area contributed by atoms with E-state index in [-0.39, 0.29) is 12.6 Å². The monoisotopic (exact) mass is 314 g/mol. The minimum atomic E-state index is -0.358. The summed E-state index contributed by atoms with van der Waals surface area (Å²) in [7, 11) is 0. The van der Waals surface area contributed by atoms with Crippen LogP contribution in [0.3, 0.4) is 0 Å². The lowest BCUT2D eigenvalue weighted by atomic mass is 10.0. The van der Waals surface area contributed by atoms with Crippen LogP contribution in [0.4, 0.5) is 0 Å². The van der Waals surface area contributed by atoms with Crippen LogP contribution in [0.1, 0.15) is 36.5 Å². The fraction of sp³-hybridized carbons (Fsp3) is 0.211. The highest BCUT2D eigenvalue weighted by atomic mass is 35.5. The van der Waals surface area contributed by atoms with Gasteiger partial charge in [0.05, 0.1) is 0 Å². The Balaban J connectivity index is 1.87. The van der Waals surface area contributed by atoms with Gasteiger partial charge in [-0.3, -0.25) is 0 Å². The quantitative estimate of drug-likeness (QED) is 0.558. The first kappa shape index (κ1) is 16.3. The van der Waals surface area contributed by atoms with Crippen molar-refractivity contribution in [2.24, 2.45) is 0 Å². The summed E-state index contributed by atoms with van der Waals surface area (Å²) in [4.78, 5) is 11.7. The number of ether oxygens (including phenoxy) is 1. The number of rotatable bonds is 5. The van der Waals surface area contributed by atoms with Gasteiger partial charge in [-0.1, -0.05) is 61.8 Å². The van der Waals surface area contributed by atoms with Gasteiger partial charge in [-0.15, -0.1) is 0 Å². The SMILES string of the molecule is CC(C)c1ccc(/C=C/C(=O)OCc2ccc(Cl)cc2)cc1. The highest BCUT2D eigenvalue weighted by molar-refractivity contribution is 6.30. The maximum atomic E-state index is 11.7. The van der Waals surface area contributed by atoms with Gasteiger partial charge in [0.15, 0.2) is 0 Å². The number of halogens is 1. The second-order valence-corrected chi connectivity index (χ2v) is 5.83. The number of hydrogen-bond donors (Lipinski definition) is 0. The molecule has 0 aliphatic rings. The minimum absolute atomic E-state index is 0.243. The largest absolute Gasteiger partial charge is 0.458 e. The molecule has 0 aliphatic heterocycles. The van der Waals surface area contributed by atoms with Crippen LogP contribution in [0.25, 0.3) is 6.08 Å². The first-order valence-electron chi connectivity index (χ1n) is 7.24. The van der Waals surface area contributed by atoms with Gasteiger partial charge >= 0.3 is 5.97 Å². The van der Waals surface area contributed by atoms with Gasteiger partial charge in [0.1, 0.15) is 6.61 Å². The zero-order valence-corrected chi connectivity index (χ0v) is 13.5. The fourth-order valence-electron chi connectivity index (χ4n) is 1.94. The summed E-state index contributed by atoms with van der Waals surface area (Å²) >= 11 is 5.80. The van der Waals surface area contributed by atoms with Gasteiger partial charge < -0.3 is 4.74 Å². The molecule has 0 unspecified atom stereocenters. The molecular weight excluding hydrogens is 296 g/mol. The molecular formula is C19H19ClO2. The lowest BCUT2D eigenvalue weighted by molar-refractivity contribution is -0.138. The summed E-state index contributed by atoms with van der Waals surface area (Å²) in [5, 5.41) is 0.666. The van der Waals surface area contributed by atoms with E-state index in [1.54, 1.807) is 18.2 Å². The van der Waals surface area contributed by atoms with Crippen LogP contribution in [-0.2, 0) is 16.1 Å². The van der Waals surface area contributed by atoms with E-state index in [0.29, 0.717) is 10.9 Å². The summed E-state index contributed by atoms with van der Waals surface area (Å²) in [6.45, 7) is 4.55. The molecule has 22 heavy (non-hydrogen) atoms. The molecule has 0 fully saturated rings. The predicted molar refractivity (Wildman–Crippen MR) is 90.8 cm³/mol. The maximum Gasteiger partial charge on any atom is 0.331 e. The van der Waals surface area contributed by atoms with E-state index in [1.807, 2.05) is 24.3 Å². The van der Waals surface area contributed by atoms with Crippen molar-refractivity contribution in [3.05, 3.63) is 76.3 Å². The van der Waals surface area contributed by atoms with E-state index < -0.39 is 0 Å². The summed E-state index contributed by atoms with van der Waals surface area (Å²) in [6, 6.07) is 15.4. The molecule has 0 N–H and O–H groups in total. The Morgan fingerprint density at radius 2 is 1.73 bits per heavy atom. The third kappa shape index (κ3) is 5.05. The van der Waals surface area contributed by atoms with Crippen LogP contribution in [0.2, 0.25) is 5.02 Å². The molecule has 0 saturated carbocycles. The van der Waals surface area contributed by atoms with E-state index >= 15 is 0 Å². The van der Waals surface area contributed by atoms with E-state index in [9.17, 15) is 4.79 Å². The number of carbonyl (C=O) groups is 1. The van der Waals surface area contributed by atoms with Crippen molar-refractivity contribution in [2.45, 2.75) is 26.4 Å². The van der Waals surface area contributed by atoms with Crippen LogP contribution < -0.4 is 0 Å². The summed E-state index contributed by atoms with van der Waals surface area (Å²) in [6.07, 6.45) is 3.20. The number of hydrogen-bond acceptors (Lipinski definition) is 2. The Labute approximate surface area is 136 Å². The average Bonchev–Trinajstić information content (AvgIpc) is 2.52. The Hall–Kier alpha value is -2.06. The molecule has 0 aromatic heterocycles. The Bertz CT molecular complexity index is 640. The van der Waals surface area contributed by atoms with E-state index in [4.69, 9.17) is 16.3 Å². The lowest BCUT2D eigenvalue weighted by Crippen LogP contribution is -2.00. The average molecular weight is 315 g/mol. The van der Waals surface area contributed by atoms with Crippen molar-refractivity contribution in [3.8, 4) is 0 Å². The lowest BCUT2D eigenvalue weighted by Gasteiger charge is -2.05. The molecule has 0 heterocycles. The summed E-state index contributed by atoms with van der Waals surface area (Å²) in [5.41, 5.74) is 3.17. The molecule has 2 rings (SSSR count). The van der Waals surface area contributed by atoms with Crippen molar-refractivity contribution in [3.63, 3.8) is 0 Å². The van der Waals surface area contributed by atoms with Crippen molar-refractivity contribution in [1.29, 1.82) is 0 Å². The van der Waals surface area contributed by atoms with Crippen LogP contribution >= 0.6 is 11.6 Å². The smallest absolute Gasteiger partial charge is 0.331 e. The molecule has 0 atom stereocenters. The molecule has 2 nitrogen and oxygen atoms in total. The Morgan fingerprint density at radius 1 is 1.09 bits per heavy atom. The van der Waals surface area contributed by atoms with Gasteiger partial charge in [0, 0.05) is 11.1 Å². The molecule has 114 valence electrons. The highest BCUT2D eigenvalue weighted by Gasteiger charge is 2.00. The molecule has 0 saturated heterocycles. The third-order valence-electron chi connectivity index (χ3n) is 3.31. The summed E-state index contributed by atoms with van der Waals surface area (Å²) in [5.74, 6) is 0.144. The molecule has 0 radical (unpaired) electrons. The van der Waals surface area contributed by atoms with Crippen LogP contribution in [0, 0.1) is 0 Å². The van der Waals surface area contributed by atoms with Crippen molar-refractivity contribution in [1.82, 2.24) is 0 Å². The molecule has 0 spiro atoms. The number of esters is 1. The van der Waals surface area contributed by atoms with Gasteiger partial charge in [-0.2, -0.15) is 0 Å². The predicted octanol–water partition coefficient (Wildman–Crippen LogP) is 5.22. The van der Waals surface area contributed by atoms with Gasteiger partial charge in [0.25, 0.3) is 0 Å². The second kappa shape index (κ2) is 7.81. The topological polar surface area (TPSA) is 26.3 Å². The maximum absolute atomic E-state index is 11.7. The van der Waals surface area contributed by atoms with Gasteiger partial charge in [-0.05, 0) is 40.8 Å². The first-order chi connectivity index (χ1) is 10.5. The number of carbonyl (C=O) groups excluding carboxylic acids is 1. The van der Waals surface area contributed by atoms with Crippen molar-refractivity contribution in [2.75, 3.05) is 0 Å². The molecule has 3 heteroatoms. The van der Waals surface area contributed by atoms with Crippen LogP contribution in [-0.4, -0.2) is 5.97 Å². The third-order valence-corrected chi connectivity index (χ3v) is 3.56. The van der Waals surface area contributed by atoms with Crippen LogP contribution in [0.15, 0.2) is 54.6 Å². The van der Waals surface area contributed by atoms with Crippen LogP contribution in [0.5, 0.6) is 0 Å². The summed E-state index contributed by atoms with van der Waals surface area (Å²) < 4.78 is 5.18. The minimum Gasteiger partial charge on any atom is -0.458 e. The standard InChI is InChI=1S/C19H19ClO2/c1-14(2)17-8-3-15(4-9-17)7-12-19(21)22-13-16-5-10-18(20)11-6-16/h3-12,14H,13H2,1-2H3/b12-7+. The molecule has 0 bridgehead atoms. The molecule has 2 aromatic carbocycles. The second-order valence-electron chi connectivity index (χ2n) is 5.39. The first-order valence-corrected chi connectivity index (χ1v) is 7.61. The van der Waals surface area contributed by atoms with E-state index in [1.165, 1.54) is 11.6 Å². The zero-order chi connectivity index (χ0) is 15.9. The van der Waals surface area contributed by atoms with Crippen molar-refractivity contribution >= 4 is 23.6 Å². The van der Waals surface area contributed by atoms with Gasteiger partial charge in [0.2, 0.25) is 0 Å². The van der Waals surface area contributed by atoms with Crippen molar-refractivity contribution < 1.29 is 9.53 Å². The normalized spacial score (nSPS) is 11.1. The van der Waals surface area contributed by atoms with E-state index in [2.05, 4.69) is 26.0 Å². The highest BCUT2D eigenvalue weighted by Crippen LogP contribution is 2.15. The molecule has 0 aliphatic carbocycles. The Morgan fingerprint density at radius 3 is 2.32 bits per heavy atom. The Kier molecular flexibility index (Phi) is 5.79. The number of benzene rings is 2. The molecule has 0 amide bonds. The van der Waals surface area contributed by atoms with E-state index in [0.717, 1.165) is 11.1 Å². The van der Waals surface area contributed by atoms with Gasteiger partial charge in [-0.25, -0.2) is 4.79 Å². The fourth-order valence-corrected chi connectivity index (χ4v) is 2.07. The molecule has 2 aromatic rings. The zero-order valence-electron chi connectivity index (χ0n) is 12.8.